The van der Waals surface area contributed by atoms with Crippen LogP contribution in [-0.2, 0) is 42.7 Å². The molecule has 0 aromatic carbocycles. The standard InChI is InChI=1S/C45H66N2O11/c1-25-12-11-15-32-24-53-42-38(47-51)28(4)20-35(45(32,42)50)43(49)55-34-21-33(57-44(23-34)19-18-27(3)41(58-44)31-13-9-8-10-14-31)17-16-26(2)40(25)56-37-22-36(52-7)39(29(5)54-37)46-30(6)48/h11-12,15-16,20,25,27,29,31,33-37,39-42,50-51H,8-10,13-14,17-19,21-24H2,1-7H3,(H,46,48)/b12-11-,26-16-,32-15?,47-38+/t25-,27-,29-,33+,34-,35-,36-,37-,39-,40-,41-,42+,44+,45+/m0/s1. The second kappa shape index (κ2) is 18.0. The molecule has 58 heavy (non-hydrogen) atoms. The van der Waals surface area contributed by atoms with Crippen LogP contribution in [0.5, 0.6) is 0 Å². The minimum absolute atomic E-state index is 0.0291. The van der Waals surface area contributed by atoms with E-state index in [0.717, 1.165) is 24.8 Å². The van der Waals surface area contributed by atoms with E-state index in [9.17, 15) is 19.9 Å². The number of nitrogens with one attached hydrogen (secondary N) is 1. The Balaban J connectivity index is 1.24. The zero-order valence-corrected chi connectivity index (χ0v) is 35.4. The number of esters is 1. The van der Waals surface area contributed by atoms with Gasteiger partial charge in [0.15, 0.2) is 12.1 Å². The minimum Gasteiger partial charge on any atom is -0.462 e. The first kappa shape index (κ1) is 43.2. The maximum Gasteiger partial charge on any atom is 0.316 e. The van der Waals surface area contributed by atoms with E-state index in [-0.39, 0.29) is 54.6 Å². The summed E-state index contributed by atoms with van der Waals surface area (Å²) in [6.07, 6.45) is 15.3. The maximum absolute atomic E-state index is 14.4. The molecular weight excluding hydrogens is 744 g/mol. The van der Waals surface area contributed by atoms with Crippen LogP contribution in [0.2, 0.25) is 0 Å². The minimum atomic E-state index is -1.84. The predicted octanol–water partition coefficient (Wildman–Crippen LogP) is 6.21. The molecule has 1 amide bonds. The lowest BCUT2D eigenvalue weighted by molar-refractivity contribution is -0.342. The van der Waals surface area contributed by atoms with Gasteiger partial charge in [-0.1, -0.05) is 68.6 Å². The van der Waals surface area contributed by atoms with Gasteiger partial charge < -0.3 is 48.8 Å². The Bertz CT molecular complexity index is 1670. The predicted molar refractivity (Wildman–Crippen MR) is 215 cm³/mol. The molecule has 0 unspecified atom stereocenters. The Morgan fingerprint density at radius 3 is 2.55 bits per heavy atom. The van der Waals surface area contributed by atoms with Gasteiger partial charge in [0.25, 0.3) is 0 Å². The van der Waals surface area contributed by atoms with Crippen LogP contribution < -0.4 is 5.32 Å². The number of carbonyl (C=O) groups excluding carboxylic acids is 2. The van der Waals surface area contributed by atoms with E-state index in [4.69, 9.17) is 33.2 Å². The average molecular weight is 811 g/mol. The van der Waals surface area contributed by atoms with Gasteiger partial charge in [-0.2, -0.15) is 0 Å². The Hall–Kier alpha value is -2.91. The van der Waals surface area contributed by atoms with Gasteiger partial charge in [-0.3, -0.25) is 9.59 Å². The normalized spacial score (nSPS) is 45.0. The molecule has 1 saturated carbocycles. The number of ether oxygens (including phenoxy) is 7. The number of nitrogens with zero attached hydrogens (tertiary/aromatic N) is 1. The van der Waals surface area contributed by atoms with E-state index in [1.54, 1.807) is 26.2 Å². The molecule has 7 aliphatic rings. The Morgan fingerprint density at radius 2 is 1.83 bits per heavy atom. The van der Waals surface area contributed by atoms with Gasteiger partial charge >= 0.3 is 5.97 Å². The number of amides is 1. The third-order valence-corrected chi connectivity index (χ3v) is 14.0. The maximum atomic E-state index is 14.4. The van der Waals surface area contributed by atoms with Crippen molar-refractivity contribution in [3.8, 4) is 0 Å². The molecule has 322 valence electrons. The summed E-state index contributed by atoms with van der Waals surface area (Å²) in [6.45, 7) is 11.6. The smallest absolute Gasteiger partial charge is 0.316 e. The molecule has 0 aromatic rings. The number of hydrogen-bond donors (Lipinski definition) is 3. The monoisotopic (exact) mass is 810 g/mol. The largest absolute Gasteiger partial charge is 0.462 e. The van der Waals surface area contributed by atoms with Crippen molar-refractivity contribution >= 4 is 17.6 Å². The summed E-state index contributed by atoms with van der Waals surface area (Å²) in [7, 11) is 1.63. The number of aliphatic hydroxyl groups is 1. The van der Waals surface area contributed by atoms with E-state index in [1.807, 2.05) is 19.1 Å². The van der Waals surface area contributed by atoms with Crippen molar-refractivity contribution in [2.45, 2.75) is 179 Å². The third-order valence-electron chi connectivity index (χ3n) is 14.0. The number of oxime groups is 1. The van der Waals surface area contributed by atoms with Crippen LogP contribution in [0, 0.1) is 23.7 Å². The van der Waals surface area contributed by atoms with Gasteiger partial charge in [0, 0.05) is 45.6 Å². The summed E-state index contributed by atoms with van der Waals surface area (Å²) >= 11 is 0. The number of fused-ring (bicyclic) bond motifs is 2. The second-order valence-corrected chi connectivity index (χ2v) is 18.2. The van der Waals surface area contributed by atoms with Crippen LogP contribution >= 0.6 is 0 Å². The first-order chi connectivity index (χ1) is 27.7. The fourth-order valence-electron chi connectivity index (χ4n) is 10.8. The summed E-state index contributed by atoms with van der Waals surface area (Å²) < 4.78 is 45.8. The van der Waals surface area contributed by atoms with Gasteiger partial charge in [0.05, 0.1) is 43.2 Å². The van der Waals surface area contributed by atoms with Gasteiger partial charge in [0.2, 0.25) is 5.91 Å². The molecule has 5 heterocycles. The first-order valence-corrected chi connectivity index (χ1v) is 21.7. The molecule has 0 radical (unpaired) electrons. The Labute approximate surface area is 343 Å². The number of carbonyl (C=O) groups is 2. The molecule has 2 bridgehead atoms. The summed E-state index contributed by atoms with van der Waals surface area (Å²) in [5, 5.41) is 29.1. The van der Waals surface area contributed by atoms with Gasteiger partial charge in [-0.15, -0.1) is 0 Å². The molecular formula is C45H66N2O11. The lowest BCUT2D eigenvalue weighted by Gasteiger charge is -2.51. The van der Waals surface area contributed by atoms with Crippen molar-refractivity contribution in [3.63, 3.8) is 0 Å². The van der Waals surface area contributed by atoms with Gasteiger partial charge in [0.1, 0.15) is 29.4 Å². The van der Waals surface area contributed by atoms with Crippen LogP contribution in [0.25, 0.3) is 0 Å². The summed E-state index contributed by atoms with van der Waals surface area (Å²) in [5.41, 5.74) is 0.337. The summed E-state index contributed by atoms with van der Waals surface area (Å²) in [4.78, 5) is 26.4. The highest BCUT2D eigenvalue weighted by molar-refractivity contribution is 6.06. The average Bonchev–Trinajstić information content (AvgIpc) is 3.53. The number of methoxy groups -OCH3 is 1. The van der Waals surface area contributed by atoms with E-state index in [0.29, 0.717) is 55.1 Å². The van der Waals surface area contributed by atoms with Gasteiger partial charge in [-0.25, -0.2) is 0 Å². The van der Waals surface area contributed by atoms with E-state index >= 15 is 0 Å². The number of allylic oxidation sites excluding steroid dienone is 2. The van der Waals surface area contributed by atoms with Crippen LogP contribution in [0.4, 0.5) is 0 Å². The lowest BCUT2D eigenvalue weighted by Crippen LogP contribution is -2.57. The summed E-state index contributed by atoms with van der Waals surface area (Å²) in [6, 6.07) is -0.317. The molecule has 1 spiro atoms. The first-order valence-electron chi connectivity index (χ1n) is 21.7. The highest BCUT2D eigenvalue weighted by atomic mass is 16.7. The quantitative estimate of drug-likeness (QED) is 0.125. The van der Waals surface area contributed by atoms with Crippen molar-refractivity contribution in [1.29, 1.82) is 0 Å². The third kappa shape index (κ3) is 8.78. The Kier molecular flexibility index (Phi) is 13.4. The van der Waals surface area contributed by atoms with Crippen molar-refractivity contribution in [2.24, 2.45) is 28.8 Å². The van der Waals surface area contributed by atoms with Crippen molar-refractivity contribution < 1.29 is 53.1 Å². The fraction of sp³-hybridized carbons (Fsp3) is 0.756. The van der Waals surface area contributed by atoms with E-state index in [2.05, 4.69) is 37.3 Å². The summed E-state index contributed by atoms with van der Waals surface area (Å²) in [5.74, 6) is -2.03. The molecule has 5 fully saturated rings. The molecule has 4 saturated heterocycles. The lowest BCUT2D eigenvalue weighted by atomic mass is 9.71. The van der Waals surface area contributed by atoms with Crippen LogP contribution in [0.3, 0.4) is 0 Å². The molecule has 3 N–H and O–H groups in total. The van der Waals surface area contributed by atoms with Crippen molar-refractivity contribution in [2.75, 3.05) is 13.7 Å². The van der Waals surface area contributed by atoms with Gasteiger partial charge in [-0.05, 0) is 75.0 Å². The molecule has 0 aromatic heterocycles. The van der Waals surface area contributed by atoms with Crippen LogP contribution in [0.15, 0.2) is 52.3 Å². The van der Waals surface area contributed by atoms with Crippen LogP contribution in [-0.4, -0.2) is 108 Å². The highest BCUT2D eigenvalue weighted by Crippen LogP contribution is 2.48. The van der Waals surface area contributed by atoms with Crippen molar-refractivity contribution in [3.05, 3.63) is 47.1 Å². The zero-order valence-electron chi connectivity index (χ0n) is 35.4. The molecule has 13 nitrogen and oxygen atoms in total. The van der Waals surface area contributed by atoms with E-state index in [1.165, 1.54) is 26.2 Å². The topological polar surface area (TPSA) is 164 Å². The SMILES string of the molecule is CO[C@H]1C[C@H](O[C@@H]2/C(C)=C\C[C@@H]3C[C@@H](C[C@]4(CC[C@H](C)[C@@H](C5CCCCC5)O4)O3)OC(=O)[C@@H]3C=C(C)/C(=N\O)[C@H]4OCC(=C/C=C\[C@@H]2C)[C@]43O)O[C@@H](C)[C@@H]1NC(C)=O. The van der Waals surface area contributed by atoms with E-state index < -0.39 is 47.9 Å². The number of rotatable bonds is 5. The highest BCUT2D eigenvalue weighted by Gasteiger charge is 2.60. The van der Waals surface area contributed by atoms with Crippen LogP contribution in [0.1, 0.15) is 112 Å². The molecule has 7 rings (SSSR count). The molecule has 14 atom stereocenters. The molecule has 5 aliphatic heterocycles. The molecule has 2 aliphatic carbocycles. The second-order valence-electron chi connectivity index (χ2n) is 18.2. The zero-order chi connectivity index (χ0) is 41.4. The fourth-order valence-corrected chi connectivity index (χ4v) is 10.8. The molecule has 13 heteroatoms. The van der Waals surface area contributed by atoms with Crippen molar-refractivity contribution in [1.82, 2.24) is 5.32 Å². The Morgan fingerprint density at radius 1 is 1.05 bits per heavy atom. The number of hydrogen-bond acceptors (Lipinski definition) is 12.